The molecule has 0 saturated carbocycles. The summed E-state index contributed by atoms with van der Waals surface area (Å²) in [7, 11) is 0. The maximum atomic E-state index is 14.2. The molecule has 3 rings (SSSR count). The number of hydrogen-bond acceptors (Lipinski definition) is 8. The molecular formula is C17H20F2O9. The summed E-state index contributed by atoms with van der Waals surface area (Å²) < 4.78 is 49.1. The Bertz CT molecular complexity index is 729. The molecule has 3 saturated heterocycles. The Morgan fingerprint density at radius 3 is 2.25 bits per heavy atom. The fourth-order valence-electron chi connectivity index (χ4n) is 4.03. The van der Waals surface area contributed by atoms with Crippen molar-refractivity contribution >= 4 is 23.9 Å². The first kappa shape index (κ1) is 20.4. The number of aliphatic carboxylic acids is 1. The smallest absolute Gasteiger partial charge is 0.379 e. The van der Waals surface area contributed by atoms with Gasteiger partial charge >= 0.3 is 29.8 Å². The van der Waals surface area contributed by atoms with Crippen LogP contribution in [0, 0.1) is 17.3 Å². The highest BCUT2D eigenvalue weighted by Crippen LogP contribution is 2.52. The topological polar surface area (TPSA) is 125 Å². The molecule has 3 aliphatic rings. The Hall–Kier alpha value is -2.30. The Morgan fingerprint density at radius 2 is 1.75 bits per heavy atom. The first-order chi connectivity index (χ1) is 12.8. The lowest BCUT2D eigenvalue weighted by atomic mass is 9.78. The number of carbonyl (C=O) groups is 4. The summed E-state index contributed by atoms with van der Waals surface area (Å²) in [5.74, 6) is -12.0. The van der Waals surface area contributed by atoms with Gasteiger partial charge in [0.15, 0.2) is 18.3 Å². The average Bonchev–Trinajstić information content (AvgIpc) is 3.14. The second-order valence-corrected chi connectivity index (χ2v) is 8.20. The number of carbonyl (C=O) groups excluding carboxylic acids is 3. The summed E-state index contributed by atoms with van der Waals surface area (Å²) in [6.45, 7) is 5.00. The van der Waals surface area contributed by atoms with Gasteiger partial charge in [-0.1, -0.05) is 20.8 Å². The number of halogens is 2. The van der Waals surface area contributed by atoms with Crippen molar-refractivity contribution in [1.29, 1.82) is 0 Å². The molecule has 0 aromatic rings. The minimum absolute atomic E-state index is 0.697. The maximum absolute atomic E-state index is 14.2. The van der Waals surface area contributed by atoms with Gasteiger partial charge in [-0.15, -0.1) is 0 Å². The van der Waals surface area contributed by atoms with Crippen LogP contribution in [0.2, 0.25) is 0 Å². The molecule has 28 heavy (non-hydrogen) atoms. The fraction of sp³-hybridized carbons (Fsp3) is 0.765. The monoisotopic (exact) mass is 406 g/mol. The predicted molar refractivity (Wildman–Crippen MR) is 83.0 cm³/mol. The zero-order valence-electron chi connectivity index (χ0n) is 15.5. The Kier molecular flexibility index (Phi) is 4.64. The van der Waals surface area contributed by atoms with E-state index in [0.29, 0.717) is 0 Å². The second kappa shape index (κ2) is 6.36. The van der Waals surface area contributed by atoms with Gasteiger partial charge in [0.1, 0.15) is 24.0 Å². The van der Waals surface area contributed by atoms with Gasteiger partial charge in [-0.2, -0.15) is 8.78 Å². The molecule has 156 valence electrons. The number of carboxylic acid groups (broad SMARTS) is 1. The molecule has 0 aromatic heterocycles. The summed E-state index contributed by atoms with van der Waals surface area (Å²) in [4.78, 5) is 47.2. The minimum atomic E-state index is -4.36. The van der Waals surface area contributed by atoms with E-state index in [1.165, 1.54) is 20.8 Å². The van der Waals surface area contributed by atoms with Crippen LogP contribution < -0.4 is 0 Å². The molecule has 7 unspecified atom stereocenters. The van der Waals surface area contributed by atoms with Crippen LogP contribution in [-0.2, 0) is 38.1 Å². The number of alkyl halides is 2. The van der Waals surface area contributed by atoms with Crippen molar-refractivity contribution in [1.82, 2.24) is 0 Å². The number of esters is 3. The van der Waals surface area contributed by atoms with Gasteiger partial charge in [-0.05, 0) is 0 Å². The van der Waals surface area contributed by atoms with E-state index in [-0.39, 0.29) is 0 Å². The normalized spacial score (nSPS) is 34.7. The van der Waals surface area contributed by atoms with Crippen molar-refractivity contribution in [2.45, 2.75) is 64.1 Å². The summed E-state index contributed by atoms with van der Waals surface area (Å²) >= 11 is 0. The van der Waals surface area contributed by atoms with Crippen LogP contribution >= 0.6 is 0 Å². The Labute approximate surface area is 158 Å². The highest BCUT2D eigenvalue weighted by Gasteiger charge is 2.72. The van der Waals surface area contributed by atoms with Crippen molar-refractivity contribution in [2.24, 2.45) is 17.3 Å². The highest BCUT2D eigenvalue weighted by molar-refractivity contribution is 5.87. The second-order valence-electron chi connectivity index (χ2n) is 8.20. The van der Waals surface area contributed by atoms with Gasteiger partial charge in [0, 0.05) is 12.3 Å². The molecule has 0 aliphatic carbocycles. The molecule has 3 fully saturated rings. The summed E-state index contributed by atoms with van der Waals surface area (Å²) in [5, 5.41) is 8.85. The molecule has 9 nitrogen and oxygen atoms in total. The summed E-state index contributed by atoms with van der Waals surface area (Å²) in [5.41, 5.74) is -1.43. The third kappa shape index (κ3) is 3.01. The van der Waals surface area contributed by atoms with E-state index in [1.807, 2.05) is 0 Å². The number of ether oxygens (including phenoxy) is 4. The molecule has 0 amide bonds. The maximum Gasteiger partial charge on any atom is 0.379 e. The average molecular weight is 406 g/mol. The van der Waals surface area contributed by atoms with Crippen LogP contribution in [0.1, 0.15) is 27.7 Å². The van der Waals surface area contributed by atoms with Gasteiger partial charge in [0.25, 0.3) is 0 Å². The number of rotatable bonds is 5. The lowest BCUT2D eigenvalue weighted by Crippen LogP contribution is -2.54. The van der Waals surface area contributed by atoms with E-state index in [2.05, 4.69) is 0 Å². The van der Waals surface area contributed by atoms with Crippen molar-refractivity contribution in [3.05, 3.63) is 0 Å². The molecule has 2 bridgehead atoms. The number of fused-ring (bicyclic) bond motifs is 1. The van der Waals surface area contributed by atoms with E-state index in [9.17, 15) is 28.0 Å². The zero-order valence-corrected chi connectivity index (χ0v) is 15.5. The van der Waals surface area contributed by atoms with Crippen LogP contribution in [0.3, 0.4) is 0 Å². The van der Waals surface area contributed by atoms with Crippen molar-refractivity contribution in [2.75, 3.05) is 0 Å². The first-order valence-corrected chi connectivity index (χ1v) is 8.61. The van der Waals surface area contributed by atoms with E-state index in [4.69, 9.17) is 24.1 Å². The van der Waals surface area contributed by atoms with Crippen molar-refractivity contribution < 1.29 is 52.0 Å². The molecule has 0 aromatic carbocycles. The third-order valence-electron chi connectivity index (χ3n) is 5.11. The zero-order chi connectivity index (χ0) is 21.2. The Morgan fingerprint density at radius 1 is 1.14 bits per heavy atom. The van der Waals surface area contributed by atoms with E-state index in [0.717, 1.165) is 6.92 Å². The van der Waals surface area contributed by atoms with Crippen LogP contribution in [-0.4, -0.2) is 65.4 Å². The van der Waals surface area contributed by atoms with Crippen molar-refractivity contribution in [3.8, 4) is 0 Å². The minimum Gasteiger partial charge on any atom is -0.477 e. The van der Waals surface area contributed by atoms with Gasteiger partial charge in [-0.3, -0.25) is 14.4 Å². The van der Waals surface area contributed by atoms with Gasteiger partial charge < -0.3 is 24.1 Å². The van der Waals surface area contributed by atoms with E-state index >= 15 is 0 Å². The third-order valence-corrected chi connectivity index (χ3v) is 5.11. The summed E-state index contributed by atoms with van der Waals surface area (Å²) in [6, 6.07) is 0. The van der Waals surface area contributed by atoms with Crippen LogP contribution in [0.5, 0.6) is 0 Å². The fourth-order valence-corrected chi connectivity index (χ4v) is 4.03. The molecular weight excluding hydrogens is 386 g/mol. The predicted octanol–water partition coefficient (Wildman–Crippen LogP) is 0.535. The first-order valence-electron chi connectivity index (χ1n) is 8.61. The summed E-state index contributed by atoms with van der Waals surface area (Å²) in [6.07, 6.45) is -6.23. The lowest BCUT2D eigenvalue weighted by Gasteiger charge is -2.35. The molecule has 1 N–H and O–H groups in total. The van der Waals surface area contributed by atoms with Crippen LogP contribution in [0.4, 0.5) is 8.78 Å². The quantitative estimate of drug-likeness (QED) is 0.514. The van der Waals surface area contributed by atoms with Crippen LogP contribution in [0.25, 0.3) is 0 Å². The van der Waals surface area contributed by atoms with Gasteiger partial charge in [0.2, 0.25) is 0 Å². The molecule has 0 spiro atoms. The van der Waals surface area contributed by atoms with Gasteiger partial charge in [-0.25, -0.2) is 4.79 Å². The van der Waals surface area contributed by atoms with Crippen molar-refractivity contribution in [3.63, 3.8) is 0 Å². The van der Waals surface area contributed by atoms with Crippen LogP contribution in [0.15, 0.2) is 0 Å². The SMILES string of the molecule is CC(=O)OC1C2OC(=O)C3C2OC1C3C(=O)OC(C(C)(C)C)C(F)(F)C(=O)O. The molecule has 3 heterocycles. The molecule has 3 aliphatic heterocycles. The van der Waals surface area contributed by atoms with E-state index in [1.54, 1.807) is 0 Å². The Balaban J connectivity index is 1.88. The van der Waals surface area contributed by atoms with Gasteiger partial charge in [0.05, 0.1) is 0 Å². The lowest BCUT2D eigenvalue weighted by molar-refractivity contribution is -0.211. The van der Waals surface area contributed by atoms with E-state index < -0.39 is 77.6 Å². The molecule has 0 radical (unpaired) electrons. The molecule has 7 atom stereocenters. The standard InChI is InChI=1S/C17H20F2O9/c1-5(20)25-10-8-7(6-9(26-8)11(10)27-12(6)21)13(22)28-14(16(2,3)4)17(18,19)15(23)24/h6-11,14H,1-4H3,(H,23,24). The number of hydrogen-bond donors (Lipinski definition) is 1. The molecule has 11 heteroatoms. The largest absolute Gasteiger partial charge is 0.477 e. The number of carboxylic acids is 1. The highest BCUT2D eigenvalue weighted by atomic mass is 19.3.